The zero-order valence-corrected chi connectivity index (χ0v) is 8.82. The van der Waals surface area contributed by atoms with Gasteiger partial charge in [-0.3, -0.25) is 4.79 Å². The van der Waals surface area contributed by atoms with Crippen LogP contribution in [0.4, 0.5) is 8.78 Å². The minimum absolute atomic E-state index is 0.251. The van der Waals surface area contributed by atoms with Gasteiger partial charge in [-0.15, -0.1) is 0 Å². The van der Waals surface area contributed by atoms with Crippen LogP contribution >= 0.6 is 0 Å². The van der Waals surface area contributed by atoms with Gasteiger partial charge in [0.05, 0.1) is 5.52 Å². The number of aromatic amines is 1. The Labute approximate surface area is 90.2 Å². The molecule has 1 aromatic heterocycles. The van der Waals surface area contributed by atoms with Crippen LogP contribution in [0.1, 0.15) is 21.6 Å². The van der Waals surface area contributed by atoms with Gasteiger partial charge in [-0.25, -0.2) is 8.78 Å². The highest BCUT2D eigenvalue weighted by atomic mass is 19.2. The van der Waals surface area contributed by atoms with Crippen LogP contribution in [-0.4, -0.2) is 10.9 Å². The molecule has 1 aromatic carbocycles. The van der Waals surface area contributed by atoms with Crippen LogP contribution in [-0.2, 0) is 0 Å². The molecule has 0 fully saturated rings. The monoisotopic (exact) mass is 224 g/mol. The van der Waals surface area contributed by atoms with Crippen molar-refractivity contribution in [3.05, 3.63) is 34.5 Å². The highest BCUT2D eigenvalue weighted by molar-refractivity contribution is 6.06. The number of rotatable bonds is 1. The van der Waals surface area contributed by atoms with Gasteiger partial charge in [0.25, 0.3) is 5.91 Å². The summed E-state index contributed by atoms with van der Waals surface area (Å²) in [5.74, 6) is -3.26. The largest absolute Gasteiger partial charge is 0.365 e. The number of nitrogens with one attached hydrogen (secondary N) is 1. The van der Waals surface area contributed by atoms with Crippen molar-refractivity contribution in [3.8, 4) is 0 Å². The molecule has 0 atom stereocenters. The van der Waals surface area contributed by atoms with E-state index in [4.69, 9.17) is 5.73 Å². The lowest BCUT2D eigenvalue weighted by Crippen LogP contribution is -2.15. The predicted octanol–water partition coefficient (Wildman–Crippen LogP) is 2.16. The molecule has 1 heterocycles. The molecule has 0 aliphatic carbocycles. The minimum Gasteiger partial charge on any atom is -0.365 e. The van der Waals surface area contributed by atoms with Crippen LogP contribution < -0.4 is 5.73 Å². The number of halogens is 2. The van der Waals surface area contributed by atoms with Crippen molar-refractivity contribution in [3.63, 3.8) is 0 Å². The van der Waals surface area contributed by atoms with Gasteiger partial charge in [0.15, 0.2) is 11.6 Å². The van der Waals surface area contributed by atoms with Crippen molar-refractivity contribution in [1.29, 1.82) is 0 Å². The Kier molecular flexibility index (Phi) is 2.18. The third kappa shape index (κ3) is 1.28. The number of aryl methyl sites for hydroxylation is 2. The normalized spacial score (nSPS) is 11.0. The Bertz CT molecular complexity index is 602. The van der Waals surface area contributed by atoms with Gasteiger partial charge in [-0.2, -0.15) is 0 Å². The van der Waals surface area contributed by atoms with Gasteiger partial charge in [0.1, 0.15) is 5.56 Å². The molecule has 3 nitrogen and oxygen atoms in total. The van der Waals surface area contributed by atoms with Crippen molar-refractivity contribution in [2.75, 3.05) is 0 Å². The van der Waals surface area contributed by atoms with Gasteiger partial charge in [-0.05, 0) is 25.5 Å². The molecule has 0 bridgehead atoms. The fraction of sp³-hybridized carbons (Fsp3) is 0.182. The van der Waals surface area contributed by atoms with Gasteiger partial charge in [0, 0.05) is 11.1 Å². The number of nitrogens with two attached hydrogens (primary N) is 1. The number of carbonyl (C=O) groups excluding carboxylic acids is 1. The SMILES string of the molecule is Cc1[nH]c2c(C(N)=O)c(F)c(F)cc2c1C. The van der Waals surface area contributed by atoms with Crippen molar-refractivity contribution in [2.24, 2.45) is 5.73 Å². The topological polar surface area (TPSA) is 58.9 Å². The average molecular weight is 224 g/mol. The molecule has 5 heteroatoms. The number of benzene rings is 1. The van der Waals surface area contributed by atoms with Crippen LogP contribution in [0, 0.1) is 25.5 Å². The summed E-state index contributed by atoms with van der Waals surface area (Å²) in [6.45, 7) is 3.52. The Hall–Kier alpha value is -1.91. The number of primary amides is 1. The molecule has 0 saturated carbocycles. The first-order valence-corrected chi connectivity index (χ1v) is 4.70. The zero-order valence-electron chi connectivity index (χ0n) is 8.82. The number of H-pyrrole nitrogens is 1. The Morgan fingerprint density at radius 2 is 2.00 bits per heavy atom. The third-order valence-corrected chi connectivity index (χ3v) is 2.74. The molecule has 0 unspecified atom stereocenters. The van der Waals surface area contributed by atoms with Crippen molar-refractivity contribution in [2.45, 2.75) is 13.8 Å². The molecule has 2 rings (SSSR count). The van der Waals surface area contributed by atoms with Crippen LogP contribution in [0.5, 0.6) is 0 Å². The molecular formula is C11H10F2N2O. The fourth-order valence-corrected chi connectivity index (χ4v) is 1.77. The second kappa shape index (κ2) is 3.30. The second-order valence-electron chi connectivity index (χ2n) is 3.71. The second-order valence-corrected chi connectivity index (χ2v) is 3.71. The Balaban J connectivity index is 3.00. The quantitative estimate of drug-likeness (QED) is 0.766. The summed E-state index contributed by atoms with van der Waals surface area (Å²) in [7, 11) is 0. The van der Waals surface area contributed by atoms with Crippen LogP contribution in [0.15, 0.2) is 6.07 Å². The molecule has 0 aliphatic rings. The number of amides is 1. The van der Waals surface area contributed by atoms with E-state index in [1.807, 2.05) is 0 Å². The predicted molar refractivity (Wildman–Crippen MR) is 56.2 cm³/mol. The van der Waals surface area contributed by atoms with Crippen LogP contribution in [0.25, 0.3) is 10.9 Å². The summed E-state index contributed by atoms with van der Waals surface area (Å²) in [4.78, 5) is 13.9. The van der Waals surface area contributed by atoms with Crippen LogP contribution in [0.3, 0.4) is 0 Å². The number of carbonyl (C=O) groups is 1. The number of aromatic nitrogens is 1. The highest BCUT2D eigenvalue weighted by Gasteiger charge is 2.20. The van der Waals surface area contributed by atoms with E-state index in [0.29, 0.717) is 5.39 Å². The summed E-state index contributed by atoms with van der Waals surface area (Å²) in [6, 6.07) is 1.07. The van der Waals surface area contributed by atoms with Gasteiger partial charge in [-0.1, -0.05) is 0 Å². The van der Waals surface area contributed by atoms with Crippen LogP contribution in [0.2, 0.25) is 0 Å². The van der Waals surface area contributed by atoms with Gasteiger partial charge < -0.3 is 10.7 Å². The van der Waals surface area contributed by atoms with E-state index in [1.165, 1.54) is 0 Å². The Morgan fingerprint density at radius 3 is 2.56 bits per heavy atom. The van der Waals surface area contributed by atoms with E-state index in [2.05, 4.69) is 4.98 Å². The lowest BCUT2D eigenvalue weighted by Gasteiger charge is -2.02. The molecule has 0 radical (unpaired) electrons. The summed E-state index contributed by atoms with van der Waals surface area (Å²) in [6.07, 6.45) is 0. The molecular weight excluding hydrogens is 214 g/mol. The molecule has 84 valence electrons. The van der Waals surface area contributed by atoms with Gasteiger partial charge in [0.2, 0.25) is 0 Å². The van der Waals surface area contributed by atoms with E-state index in [9.17, 15) is 13.6 Å². The zero-order chi connectivity index (χ0) is 12.0. The van der Waals surface area contributed by atoms with E-state index in [1.54, 1.807) is 13.8 Å². The average Bonchev–Trinajstić information content (AvgIpc) is 2.45. The maximum absolute atomic E-state index is 13.4. The number of fused-ring (bicyclic) bond motifs is 1. The maximum Gasteiger partial charge on any atom is 0.253 e. The Morgan fingerprint density at radius 1 is 1.38 bits per heavy atom. The first-order chi connectivity index (χ1) is 7.43. The summed E-state index contributed by atoms with van der Waals surface area (Å²) < 4.78 is 26.7. The first-order valence-electron chi connectivity index (χ1n) is 4.70. The lowest BCUT2D eigenvalue weighted by atomic mass is 10.1. The van der Waals surface area contributed by atoms with Gasteiger partial charge >= 0.3 is 0 Å². The van der Waals surface area contributed by atoms with E-state index in [-0.39, 0.29) is 5.52 Å². The summed E-state index contributed by atoms with van der Waals surface area (Å²) in [5, 5.41) is 0.477. The third-order valence-electron chi connectivity index (χ3n) is 2.74. The van der Waals surface area contributed by atoms with E-state index >= 15 is 0 Å². The lowest BCUT2D eigenvalue weighted by molar-refractivity contribution is 0.0997. The van der Waals surface area contributed by atoms with E-state index in [0.717, 1.165) is 17.3 Å². The van der Waals surface area contributed by atoms with Crippen molar-refractivity contribution < 1.29 is 13.6 Å². The molecule has 0 spiro atoms. The molecule has 0 saturated heterocycles. The molecule has 0 aliphatic heterocycles. The summed E-state index contributed by atoms with van der Waals surface area (Å²) >= 11 is 0. The summed E-state index contributed by atoms with van der Waals surface area (Å²) in [5.41, 5.74) is 6.40. The molecule has 16 heavy (non-hydrogen) atoms. The molecule has 3 N–H and O–H groups in total. The molecule has 1 amide bonds. The van der Waals surface area contributed by atoms with Crippen molar-refractivity contribution in [1.82, 2.24) is 4.98 Å². The number of hydrogen-bond donors (Lipinski definition) is 2. The molecule has 2 aromatic rings. The van der Waals surface area contributed by atoms with E-state index < -0.39 is 23.1 Å². The minimum atomic E-state index is -1.21. The smallest absolute Gasteiger partial charge is 0.253 e. The maximum atomic E-state index is 13.4. The highest BCUT2D eigenvalue weighted by Crippen LogP contribution is 2.27. The fourth-order valence-electron chi connectivity index (χ4n) is 1.77. The van der Waals surface area contributed by atoms with Crippen molar-refractivity contribution >= 4 is 16.8 Å². The number of hydrogen-bond acceptors (Lipinski definition) is 1. The standard InChI is InChI=1S/C11H10F2N2O/c1-4-5(2)15-10-6(4)3-7(12)9(13)8(10)11(14)16/h3,15H,1-2H3,(H2,14,16). The first kappa shape index (κ1) is 10.6.